The van der Waals surface area contributed by atoms with E-state index in [9.17, 15) is 0 Å². The molecule has 3 aliphatic rings. The van der Waals surface area contributed by atoms with Crippen molar-refractivity contribution >= 4 is 49.9 Å². The Morgan fingerprint density at radius 2 is 1.29 bits per heavy atom. The van der Waals surface area contributed by atoms with Crippen molar-refractivity contribution in [1.82, 2.24) is 15.0 Å². The summed E-state index contributed by atoms with van der Waals surface area (Å²) in [4.78, 5) is 15.5. The van der Waals surface area contributed by atoms with E-state index in [1.165, 1.54) is 60.9 Å². The molecular formula is C54H37N3O. The van der Waals surface area contributed by atoms with Crippen molar-refractivity contribution < 1.29 is 4.42 Å². The van der Waals surface area contributed by atoms with Gasteiger partial charge in [-0.2, -0.15) is 0 Å². The van der Waals surface area contributed by atoms with E-state index in [1.54, 1.807) is 0 Å². The summed E-state index contributed by atoms with van der Waals surface area (Å²) in [5.41, 5.74) is 16.1. The molecule has 2 heterocycles. The lowest BCUT2D eigenvalue weighted by Gasteiger charge is -2.28. The monoisotopic (exact) mass is 743 g/mol. The fraction of sp³-hybridized carbons (Fsp3) is 0.0926. The van der Waals surface area contributed by atoms with Gasteiger partial charge in [0.15, 0.2) is 17.5 Å². The summed E-state index contributed by atoms with van der Waals surface area (Å²) >= 11 is 0. The number of aromatic nitrogens is 3. The maximum atomic E-state index is 6.54. The molecule has 0 radical (unpaired) electrons. The minimum Gasteiger partial charge on any atom is -0.456 e. The van der Waals surface area contributed by atoms with E-state index in [-0.39, 0.29) is 5.41 Å². The average Bonchev–Trinajstić information content (AvgIpc) is 3.77. The second kappa shape index (κ2) is 12.4. The molecule has 1 unspecified atom stereocenters. The van der Waals surface area contributed by atoms with Crippen molar-refractivity contribution in [3.8, 4) is 45.3 Å². The molecule has 9 aromatic rings. The van der Waals surface area contributed by atoms with Gasteiger partial charge in [-0.1, -0.05) is 159 Å². The van der Waals surface area contributed by atoms with Crippen molar-refractivity contribution in [2.75, 3.05) is 0 Å². The lowest BCUT2D eigenvalue weighted by atomic mass is 9.76. The molecule has 1 atom stereocenters. The Bertz CT molecular complexity index is 3290. The maximum Gasteiger partial charge on any atom is 0.164 e. The van der Waals surface area contributed by atoms with Gasteiger partial charge in [-0.25, -0.2) is 15.0 Å². The quantitative estimate of drug-likeness (QED) is 0.180. The zero-order chi connectivity index (χ0) is 38.5. The summed E-state index contributed by atoms with van der Waals surface area (Å²) in [5.74, 6) is 2.22. The molecule has 274 valence electrons. The summed E-state index contributed by atoms with van der Waals surface area (Å²) in [6.07, 6.45) is 10.3. The van der Waals surface area contributed by atoms with Crippen LogP contribution in [0.2, 0.25) is 0 Å². The van der Waals surface area contributed by atoms with Gasteiger partial charge < -0.3 is 4.42 Å². The van der Waals surface area contributed by atoms with Gasteiger partial charge in [0.2, 0.25) is 0 Å². The fourth-order valence-electron chi connectivity index (χ4n) is 9.76. The summed E-state index contributed by atoms with van der Waals surface area (Å²) < 4.78 is 6.54. The number of hydrogen-bond acceptors (Lipinski definition) is 4. The lowest BCUT2D eigenvalue weighted by Crippen LogP contribution is -2.14. The van der Waals surface area contributed by atoms with Gasteiger partial charge >= 0.3 is 0 Å². The van der Waals surface area contributed by atoms with E-state index in [4.69, 9.17) is 19.4 Å². The Hall–Kier alpha value is -7.17. The van der Waals surface area contributed by atoms with Crippen LogP contribution in [0.3, 0.4) is 0 Å². The number of nitrogens with zero attached hydrogens (tertiary/aromatic N) is 3. The predicted molar refractivity (Wildman–Crippen MR) is 238 cm³/mol. The molecule has 12 rings (SSSR count). The van der Waals surface area contributed by atoms with Crippen LogP contribution in [-0.4, -0.2) is 15.0 Å². The lowest BCUT2D eigenvalue weighted by molar-refractivity contribution is 0.660. The van der Waals surface area contributed by atoms with Gasteiger partial charge in [0.05, 0.1) is 0 Å². The molecule has 0 amide bonds. The van der Waals surface area contributed by atoms with E-state index in [1.807, 2.05) is 30.3 Å². The van der Waals surface area contributed by atoms with Crippen LogP contribution >= 0.6 is 0 Å². The Morgan fingerprint density at radius 3 is 2.21 bits per heavy atom. The third kappa shape index (κ3) is 4.98. The molecule has 0 N–H and O–H groups in total. The first-order chi connectivity index (χ1) is 28.5. The van der Waals surface area contributed by atoms with Crippen LogP contribution < -0.4 is 0 Å². The van der Waals surface area contributed by atoms with Gasteiger partial charge in [-0.05, 0) is 91.5 Å². The molecule has 0 bridgehead atoms. The molecule has 2 aromatic heterocycles. The molecule has 58 heavy (non-hydrogen) atoms. The van der Waals surface area contributed by atoms with Crippen LogP contribution in [0.1, 0.15) is 48.1 Å². The molecule has 0 spiro atoms. The highest BCUT2D eigenvalue weighted by Crippen LogP contribution is 2.50. The summed E-state index contributed by atoms with van der Waals surface area (Å²) in [6, 6.07) is 51.6. The Balaban J connectivity index is 0.990. The van der Waals surface area contributed by atoms with Crippen LogP contribution in [0.25, 0.3) is 95.2 Å². The molecule has 0 aliphatic heterocycles. The zero-order valence-corrected chi connectivity index (χ0v) is 32.2. The summed E-state index contributed by atoms with van der Waals surface area (Å²) in [5, 5.41) is 4.64. The largest absolute Gasteiger partial charge is 0.456 e. The van der Waals surface area contributed by atoms with Crippen molar-refractivity contribution in [3.63, 3.8) is 0 Å². The molecule has 4 nitrogen and oxygen atoms in total. The van der Waals surface area contributed by atoms with E-state index in [0.717, 1.165) is 45.0 Å². The number of hydrogen-bond donors (Lipinski definition) is 0. The highest BCUT2D eigenvalue weighted by atomic mass is 16.3. The van der Waals surface area contributed by atoms with Gasteiger partial charge in [-0.3, -0.25) is 0 Å². The van der Waals surface area contributed by atoms with Crippen LogP contribution in [0.15, 0.2) is 168 Å². The summed E-state index contributed by atoms with van der Waals surface area (Å²) in [6.45, 7) is 4.61. The van der Waals surface area contributed by atoms with Gasteiger partial charge in [0.1, 0.15) is 11.2 Å². The number of allylic oxidation sites excluding steroid dienone is 5. The van der Waals surface area contributed by atoms with Crippen LogP contribution in [-0.2, 0) is 5.41 Å². The van der Waals surface area contributed by atoms with Gasteiger partial charge in [0, 0.05) is 38.8 Å². The first-order valence-corrected chi connectivity index (χ1v) is 20.1. The van der Waals surface area contributed by atoms with E-state index >= 15 is 0 Å². The SMILES string of the molecule is CC1(C)c2ccccc2-c2cc(-c3nc(-c4ccccc4)nc(-c4cccc5oc6ccc(C7=CC=C8c9ccc%10ccccc%10c9C=CC8C7)cc6c45)n3)ccc21. The predicted octanol–water partition coefficient (Wildman–Crippen LogP) is 13.7. The van der Waals surface area contributed by atoms with Crippen molar-refractivity contribution in [3.05, 3.63) is 192 Å². The van der Waals surface area contributed by atoms with Gasteiger partial charge in [0.25, 0.3) is 0 Å². The number of rotatable bonds is 4. The first kappa shape index (κ1) is 33.0. The number of furan rings is 1. The molecular weight excluding hydrogens is 707 g/mol. The van der Waals surface area contributed by atoms with E-state index in [0.29, 0.717) is 23.4 Å². The third-order valence-electron chi connectivity index (χ3n) is 12.7. The minimum absolute atomic E-state index is 0.0825. The second-order valence-corrected chi connectivity index (χ2v) is 16.3. The van der Waals surface area contributed by atoms with Crippen LogP contribution in [0, 0.1) is 5.92 Å². The van der Waals surface area contributed by atoms with Crippen molar-refractivity contribution in [2.45, 2.75) is 25.7 Å². The molecule has 0 fully saturated rings. The van der Waals surface area contributed by atoms with Crippen LogP contribution in [0.4, 0.5) is 0 Å². The zero-order valence-electron chi connectivity index (χ0n) is 32.2. The molecule has 3 aliphatic carbocycles. The second-order valence-electron chi connectivity index (χ2n) is 16.3. The molecule has 0 saturated heterocycles. The maximum absolute atomic E-state index is 6.54. The van der Waals surface area contributed by atoms with E-state index < -0.39 is 0 Å². The number of fused-ring (bicyclic) bond motifs is 11. The summed E-state index contributed by atoms with van der Waals surface area (Å²) in [7, 11) is 0. The highest BCUT2D eigenvalue weighted by molar-refractivity contribution is 6.12. The average molecular weight is 744 g/mol. The Morgan fingerprint density at radius 1 is 0.534 bits per heavy atom. The normalized spacial score (nSPS) is 16.1. The third-order valence-corrected chi connectivity index (χ3v) is 12.7. The van der Waals surface area contributed by atoms with E-state index in [2.05, 4.69) is 153 Å². The van der Waals surface area contributed by atoms with Crippen molar-refractivity contribution in [2.24, 2.45) is 5.92 Å². The molecule has 7 aromatic carbocycles. The standard InChI is InChI=1S/C54H37N3O/c1-54(2)46-17-9-8-15-42(46)44-31-37(22-27-47(44)54)52-55-51(33-12-4-3-5-13-33)56-53(57-52)43-16-10-18-49-50(43)45-30-35(23-28-48(45)58-49)34-20-24-39-36(29-34)21-26-40-38-14-7-6-11-32(38)19-25-41(39)40/h3-28,30-31,36H,29H2,1-2H3. The Labute approximate surface area is 336 Å². The first-order valence-electron chi connectivity index (χ1n) is 20.1. The highest BCUT2D eigenvalue weighted by Gasteiger charge is 2.35. The minimum atomic E-state index is -0.0825. The van der Waals surface area contributed by atoms with Crippen molar-refractivity contribution in [1.29, 1.82) is 0 Å². The fourth-order valence-corrected chi connectivity index (χ4v) is 9.76. The Kier molecular flexibility index (Phi) is 7.07. The molecule has 0 saturated carbocycles. The smallest absolute Gasteiger partial charge is 0.164 e. The van der Waals surface area contributed by atoms with Crippen LogP contribution in [0.5, 0.6) is 0 Å². The molecule has 4 heteroatoms. The topological polar surface area (TPSA) is 51.8 Å². The van der Waals surface area contributed by atoms with Gasteiger partial charge in [-0.15, -0.1) is 0 Å². The number of benzene rings is 7.